The molecular weight excluding hydrogens is 408 g/mol. The molecule has 0 bridgehead atoms. The third kappa shape index (κ3) is 6.77. The Kier molecular flexibility index (Phi) is 8.67. The zero-order valence-corrected chi connectivity index (χ0v) is 18.2. The fourth-order valence-electron chi connectivity index (χ4n) is 2.64. The van der Waals surface area contributed by atoms with Gasteiger partial charge in [0.15, 0.2) is 18.1 Å². The van der Waals surface area contributed by atoms with Gasteiger partial charge in [-0.05, 0) is 43.5 Å². The third-order valence-corrected chi connectivity index (χ3v) is 5.01. The van der Waals surface area contributed by atoms with Crippen molar-refractivity contribution in [1.82, 2.24) is 10.6 Å². The highest BCUT2D eigenvalue weighted by Gasteiger charge is 2.21. The van der Waals surface area contributed by atoms with E-state index in [-0.39, 0.29) is 30.9 Å². The Morgan fingerprint density at radius 1 is 1.07 bits per heavy atom. The second kappa shape index (κ2) is 11.2. The summed E-state index contributed by atoms with van der Waals surface area (Å²) in [6.07, 6.45) is 0.0199. The van der Waals surface area contributed by atoms with E-state index in [0.717, 1.165) is 4.88 Å². The molecule has 2 rings (SSSR count). The van der Waals surface area contributed by atoms with E-state index in [2.05, 4.69) is 10.6 Å². The molecule has 0 saturated carbocycles. The molecule has 1 aromatic heterocycles. The monoisotopic (exact) mass is 434 g/mol. The van der Waals surface area contributed by atoms with Gasteiger partial charge in [0.2, 0.25) is 0 Å². The molecule has 0 spiro atoms. The van der Waals surface area contributed by atoms with E-state index < -0.39 is 12.0 Å². The Labute approximate surface area is 179 Å². The van der Waals surface area contributed by atoms with Crippen LogP contribution < -0.4 is 20.1 Å². The van der Waals surface area contributed by atoms with E-state index in [9.17, 15) is 14.4 Å². The van der Waals surface area contributed by atoms with E-state index >= 15 is 0 Å². The van der Waals surface area contributed by atoms with Crippen molar-refractivity contribution in [2.24, 2.45) is 0 Å². The largest absolute Gasteiger partial charge is 0.493 e. The number of carbonyl (C=O) groups excluding carboxylic acids is 3. The number of carbonyl (C=O) groups is 3. The summed E-state index contributed by atoms with van der Waals surface area (Å²) in [6, 6.07) is 7.85. The van der Waals surface area contributed by atoms with Crippen molar-refractivity contribution in [1.29, 1.82) is 0 Å². The van der Waals surface area contributed by atoms with Gasteiger partial charge in [-0.2, -0.15) is 0 Å². The molecule has 0 aliphatic heterocycles. The number of nitrogens with one attached hydrogen (secondary N) is 2. The van der Waals surface area contributed by atoms with Crippen LogP contribution in [-0.4, -0.2) is 44.7 Å². The van der Waals surface area contributed by atoms with E-state index in [1.807, 2.05) is 31.4 Å². The fourth-order valence-corrected chi connectivity index (χ4v) is 3.42. The molecule has 30 heavy (non-hydrogen) atoms. The van der Waals surface area contributed by atoms with Gasteiger partial charge in [0.05, 0.1) is 26.7 Å². The minimum Gasteiger partial charge on any atom is -0.493 e. The molecule has 0 fully saturated rings. The number of methoxy groups -OCH3 is 2. The quantitative estimate of drug-likeness (QED) is 0.558. The van der Waals surface area contributed by atoms with Crippen LogP contribution in [0.4, 0.5) is 0 Å². The predicted octanol–water partition coefficient (Wildman–Crippen LogP) is 2.69. The number of hydrogen-bond donors (Lipinski definition) is 2. The van der Waals surface area contributed by atoms with Crippen LogP contribution in [0, 0.1) is 0 Å². The first-order valence-corrected chi connectivity index (χ1v) is 10.2. The van der Waals surface area contributed by atoms with Crippen LogP contribution in [0.3, 0.4) is 0 Å². The van der Waals surface area contributed by atoms with E-state index in [1.165, 1.54) is 31.6 Å². The van der Waals surface area contributed by atoms with Crippen molar-refractivity contribution in [3.63, 3.8) is 0 Å². The van der Waals surface area contributed by atoms with Crippen molar-refractivity contribution < 1.29 is 28.6 Å². The maximum atomic E-state index is 12.8. The van der Waals surface area contributed by atoms with Gasteiger partial charge in [-0.1, -0.05) is 6.07 Å². The normalized spacial score (nSPS) is 11.5. The van der Waals surface area contributed by atoms with Crippen LogP contribution in [0.15, 0.2) is 35.7 Å². The van der Waals surface area contributed by atoms with Crippen molar-refractivity contribution in [3.05, 3.63) is 46.2 Å². The van der Waals surface area contributed by atoms with Crippen LogP contribution in [0.1, 0.15) is 41.5 Å². The average molecular weight is 435 g/mol. The van der Waals surface area contributed by atoms with E-state index in [1.54, 1.807) is 12.1 Å². The topological polar surface area (TPSA) is 103 Å². The highest BCUT2D eigenvalue weighted by Crippen LogP contribution is 2.29. The maximum Gasteiger partial charge on any atom is 0.307 e. The van der Waals surface area contributed by atoms with Gasteiger partial charge in [0.25, 0.3) is 11.8 Å². The van der Waals surface area contributed by atoms with Gasteiger partial charge in [-0.25, -0.2) is 0 Å². The summed E-state index contributed by atoms with van der Waals surface area (Å²) in [7, 11) is 2.75. The molecule has 0 saturated heterocycles. The molecule has 0 aliphatic rings. The molecule has 162 valence electrons. The van der Waals surface area contributed by atoms with Gasteiger partial charge in [0.1, 0.15) is 0 Å². The smallest absolute Gasteiger partial charge is 0.307 e. The number of benzene rings is 1. The SMILES string of the molecule is COC(=O)CC(NC(=O)c1ccc(OCC(=O)NC(C)C)c(OC)c1)c1cccs1. The lowest BCUT2D eigenvalue weighted by Crippen LogP contribution is -2.34. The molecule has 2 N–H and O–H groups in total. The van der Waals surface area contributed by atoms with Crippen molar-refractivity contribution >= 4 is 29.1 Å². The highest BCUT2D eigenvalue weighted by molar-refractivity contribution is 7.10. The minimum atomic E-state index is -0.508. The molecule has 0 radical (unpaired) electrons. The fraction of sp³-hybridized carbons (Fsp3) is 0.381. The van der Waals surface area contributed by atoms with Crippen LogP contribution in [0.5, 0.6) is 11.5 Å². The maximum absolute atomic E-state index is 12.8. The molecular formula is C21H26N2O6S. The first kappa shape index (κ1) is 23.2. The second-order valence-electron chi connectivity index (χ2n) is 6.70. The molecule has 8 nitrogen and oxygen atoms in total. The van der Waals surface area contributed by atoms with Crippen LogP contribution >= 0.6 is 11.3 Å². The zero-order valence-electron chi connectivity index (χ0n) is 17.4. The number of rotatable bonds is 10. The third-order valence-electron chi connectivity index (χ3n) is 4.02. The lowest BCUT2D eigenvalue weighted by molar-refractivity contribution is -0.141. The highest BCUT2D eigenvalue weighted by atomic mass is 32.1. The molecule has 2 aromatic rings. The summed E-state index contributed by atoms with van der Waals surface area (Å²) in [4.78, 5) is 37.1. The van der Waals surface area contributed by atoms with Gasteiger partial charge in [-0.3, -0.25) is 14.4 Å². The Hall–Kier alpha value is -3.07. The number of esters is 1. The lowest BCUT2D eigenvalue weighted by atomic mass is 10.1. The minimum absolute atomic E-state index is 0.00958. The molecule has 1 aromatic carbocycles. The number of hydrogen-bond acceptors (Lipinski definition) is 7. The molecule has 1 heterocycles. The molecule has 1 atom stereocenters. The van der Waals surface area contributed by atoms with Crippen molar-refractivity contribution in [2.45, 2.75) is 32.4 Å². The Morgan fingerprint density at radius 2 is 1.83 bits per heavy atom. The van der Waals surface area contributed by atoms with Gasteiger partial charge in [0, 0.05) is 16.5 Å². The standard InChI is InChI=1S/C21H26N2O6S/c1-13(2)22-19(24)12-29-16-8-7-14(10-17(16)27-3)21(26)23-15(11-20(25)28-4)18-6-5-9-30-18/h5-10,13,15H,11-12H2,1-4H3,(H,22,24)(H,23,26). The Balaban J connectivity index is 2.11. The molecule has 0 aliphatic carbocycles. The average Bonchev–Trinajstić information content (AvgIpc) is 3.25. The van der Waals surface area contributed by atoms with E-state index in [4.69, 9.17) is 14.2 Å². The summed E-state index contributed by atoms with van der Waals surface area (Å²) in [6.45, 7) is 3.55. The van der Waals surface area contributed by atoms with Gasteiger partial charge >= 0.3 is 5.97 Å². The van der Waals surface area contributed by atoms with E-state index in [0.29, 0.717) is 17.1 Å². The Bertz CT molecular complexity index is 866. The number of ether oxygens (including phenoxy) is 3. The number of amides is 2. The summed E-state index contributed by atoms with van der Waals surface area (Å²) >= 11 is 1.44. The van der Waals surface area contributed by atoms with Crippen LogP contribution in [0.2, 0.25) is 0 Å². The predicted molar refractivity (Wildman–Crippen MR) is 113 cm³/mol. The first-order chi connectivity index (χ1) is 14.3. The number of thiophene rings is 1. The second-order valence-corrected chi connectivity index (χ2v) is 7.68. The lowest BCUT2D eigenvalue weighted by Gasteiger charge is -2.17. The van der Waals surface area contributed by atoms with Crippen molar-refractivity contribution in [2.75, 3.05) is 20.8 Å². The summed E-state index contributed by atoms with van der Waals surface area (Å²) in [5, 5.41) is 7.45. The van der Waals surface area contributed by atoms with Gasteiger partial charge < -0.3 is 24.8 Å². The van der Waals surface area contributed by atoms with Crippen molar-refractivity contribution in [3.8, 4) is 11.5 Å². The molecule has 1 unspecified atom stereocenters. The van der Waals surface area contributed by atoms with Crippen LogP contribution in [0.25, 0.3) is 0 Å². The summed E-state index contributed by atoms with van der Waals surface area (Å²) < 4.78 is 15.5. The van der Waals surface area contributed by atoms with Crippen LogP contribution in [-0.2, 0) is 14.3 Å². The molecule has 2 amide bonds. The summed E-state index contributed by atoms with van der Waals surface area (Å²) in [5.41, 5.74) is 0.331. The summed E-state index contributed by atoms with van der Waals surface area (Å²) in [5.74, 6) is -0.386. The molecule has 9 heteroatoms. The zero-order chi connectivity index (χ0) is 22.1. The van der Waals surface area contributed by atoms with Gasteiger partial charge in [-0.15, -0.1) is 11.3 Å². The first-order valence-electron chi connectivity index (χ1n) is 9.35. The Morgan fingerprint density at radius 3 is 2.43 bits per heavy atom.